The topological polar surface area (TPSA) is 0 Å². The fraction of sp³-hybridized carbons (Fsp3) is 0.714. The Balaban J connectivity index is 3.47. The van der Waals surface area contributed by atoms with E-state index >= 15 is 0 Å². The van der Waals surface area contributed by atoms with Gasteiger partial charge in [-0.05, 0) is 32.1 Å². The average molecular weight is 194 g/mol. The molecule has 0 spiro atoms. The molecule has 0 aromatic heterocycles. The van der Waals surface area contributed by atoms with Gasteiger partial charge in [-0.1, -0.05) is 50.8 Å². The normalized spacial score (nSPS) is 14.1. The van der Waals surface area contributed by atoms with Crippen LogP contribution in [0.4, 0.5) is 0 Å². The maximum absolute atomic E-state index is 3.72. The number of hydrogen-bond acceptors (Lipinski definition) is 0. The van der Waals surface area contributed by atoms with Crippen molar-refractivity contribution in [1.29, 1.82) is 0 Å². The van der Waals surface area contributed by atoms with Gasteiger partial charge < -0.3 is 0 Å². The molecule has 0 aromatic carbocycles. The lowest BCUT2D eigenvalue weighted by atomic mass is 9.97. The van der Waals surface area contributed by atoms with Crippen LogP contribution in [0, 0.1) is 5.92 Å². The van der Waals surface area contributed by atoms with Gasteiger partial charge in [-0.25, -0.2) is 0 Å². The van der Waals surface area contributed by atoms with Crippen LogP contribution >= 0.6 is 0 Å². The summed E-state index contributed by atoms with van der Waals surface area (Å²) in [6.07, 6.45) is 12.0. The molecule has 0 aliphatic carbocycles. The van der Waals surface area contributed by atoms with Gasteiger partial charge in [0.2, 0.25) is 0 Å². The van der Waals surface area contributed by atoms with Crippen molar-refractivity contribution >= 4 is 0 Å². The number of allylic oxidation sites excluding steroid dienone is 3. The lowest BCUT2D eigenvalue weighted by Crippen LogP contribution is -1.93. The molecular formula is C14H26. The minimum absolute atomic E-state index is 0.909. The largest absolute Gasteiger partial charge is 0.103 e. The molecule has 1 atom stereocenters. The molecule has 0 saturated heterocycles. The van der Waals surface area contributed by atoms with Crippen LogP contribution in [-0.2, 0) is 0 Å². The zero-order valence-electron chi connectivity index (χ0n) is 10.2. The second-order valence-electron chi connectivity index (χ2n) is 4.36. The predicted octanol–water partition coefficient (Wildman–Crippen LogP) is 5.12. The minimum atomic E-state index is 0.909. The highest BCUT2D eigenvalue weighted by atomic mass is 14.1. The zero-order valence-corrected chi connectivity index (χ0v) is 10.2. The molecule has 0 amide bonds. The maximum Gasteiger partial charge on any atom is -0.0169 e. The second-order valence-corrected chi connectivity index (χ2v) is 4.36. The fourth-order valence-electron chi connectivity index (χ4n) is 1.75. The number of rotatable bonds is 8. The van der Waals surface area contributed by atoms with Crippen molar-refractivity contribution in [3.63, 3.8) is 0 Å². The van der Waals surface area contributed by atoms with Crippen molar-refractivity contribution in [1.82, 2.24) is 0 Å². The predicted molar refractivity (Wildman–Crippen MR) is 66.5 cm³/mol. The van der Waals surface area contributed by atoms with Gasteiger partial charge in [-0.2, -0.15) is 0 Å². The monoisotopic (exact) mass is 194 g/mol. The third kappa shape index (κ3) is 8.10. The molecule has 0 bridgehead atoms. The summed E-state index contributed by atoms with van der Waals surface area (Å²) >= 11 is 0. The lowest BCUT2D eigenvalue weighted by molar-refractivity contribution is 0.469. The molecule has 0 aromatic rings. The van der Waals surface area contributed by atoms with Crippen molar-refractivity contribution in [2.75, 3.05) is 0 Å². The average Bonchev–Trinajstić information content (AvgIpc) is 2.15. The highest BCUT2D eigenvalue weighted by Crippen LogP contribution is 2.16. The lowest BCUT2D eigenvalue weighted by Gasteiger charge is -2.09. The van der Waals surface area contributed by atoms with Crippen LogP contribution in [0.25, 0.3) is 0 Å². The van der Waals surface area contributed by atoms with Crippen molar-refractivity contribution in [2.24, 2.45) is 5.92 Å². The standard InChI is InChI=1S/C14H26/c1-5-7-10-14(4)12-8-11-13(3)9-6-2/h5,10,13H,1,6-9,11-12H2,2-4H3/b14-10-. The Bertz CT molecular complexity index is 165. The third-order valence-electron chi connectivity index (χ3n) is 2.68. The van der Waals surface area contributed by atoms with Gasteiger partial charge in [-0.3, -0.25) is 0 Å². The van der Waals surface area contributed by atoms with Crippen LogP contribution in [0.1, 0.15) is 59.3 Å². The Labute approximate surface area is 90.1 Å². The quantitative estimate of drug-likeness (QED) is 0.471. The summed E-state index contributed by atoms with van der Waals surface area (Å²) in [5.41, 5.74) is 1.52. The van der Waals surface area contributed by atoms with Crippen LogP contribution in [0.2, 0.25) is 0 Å². The molecule has 1 unspecified atom stereocenters. The van der Waals surface area contributed by atoms with Gasteiger partial charge in [0.1, 0.15) is 0 Å². The van der Waals surface area contributed by atoms with E-state index in [1.54, 1.807) is 0 Å². The van der Waals surface area contributed by atoms with Crippen LogP contribution in [0.15, 0.2) is 24.3 Å². The molecule has 0 saturated carbocycles. The van der Waals surface area contributed by atoms with Gasteiger partial charge >= 0.3 is 0 Å². The van der Waals surface area contributed by atoms with E-state index in [-0.39, 0.29) is 0 Å². The molecule has 0 fully saturated rings. The fourth-order valence-corrected chi connectivity index (χ4v) is 1.75. The summed E-state index contributed by atoms with van der Waals surface area (Å²) in [5, 5.41) is 0. The smallest absolute Gasteiger partial charge is 0.0169 e. The Morgan fingerprint density at radius 3 is 2.64 bits per heavy atom. The van der Waals surface area contributed by atoms with Gasteiger partial charge in [0.25, 0.3) is 0 Å². The van der Waals surface area contributed by atoms with Gasteiger partial charge in [-0.15, -0.1) is 6.58 Å². The van der Waals surface area contributed by atoms with E-state index in [0.29, 0.717) is 0 Å². The number of hydrogen-bond donors (Lipinski definition) is 0. The van der Waals surface area contributed by atoms with Crippen LogP contribution < -0.4 is 0 Å². The van der Waals surface area contributed by atoms with Gasteiger partial charge in [0.15, 0.2) is 0 Å². The zero-order chi connectivity index (χ0) is 10.8. The molecular weight excluding hydrogens is 168 g/mol. The highest BCUT2D eigenvalue weighted by Gasteiger charge is 2.00. The van der Waals surface area contributed by atoms with E-state index in [9.17, 15) is 0 Å². The van der Waals surface area contributed by atoms with E-state index in [4.69, 9.17) is 0 Å². The molecule has 0 heteroatoms. The highest BCUT2D eigenvalue weighted by molar-refractivity contribution is 5.00. The van der Waals surface area contributed by atoms with Crippen LogP contribution in [0.3, 0.4) is 0 Å². The molecule has 0 N–H and O–H groups in total. The van der Waals surface area contributed by atoms with Gasteiger partial charge in [0.05, 0.1) is 0 Å². The second kappa shape index (κ2) is 9.05. The molecule has 82 valence electrons. The molecule has 0 heterocycles. The Hall–Kier alpha value is -0.520. The first-order chi connectivity index (χ1) is 6.70. The Morgan fingerprint density at radius 2 is 2.07 bits per heavy atom. The summed E-state index contributed by atoms with van der Waals surface area (Å²) in [5.74, 6) is 0.909. The van der Waals surface area contributed by atoms with E-state index in [1.807, 2.05) is 6.08 Å². The van der Waals surface area contributed by atoms with E-state index < -0.39 is 0 Å². The van der Waals surface area contributed by atoms with Crippen molar-refractivity contribution in [3.05, 3.63) is 24.3 Å². The first-order valence-electron chi connectivity index (χ1n) is 5.97. The van der Waals surface area contributed by atoms with Crippen molar-refractivity contribution in [2.45, 2.75) is 59.3 Å². The van der Waals surface area contributed by atoms with Gasteiger partial charge in [0, 0.05) is 0 Å². The van der Waals surface area contributed by atoms with E-state index in [0.717, 1.165) is 12.3 Å². The minimum Gasteiger partial charge on any atom is -0.103 e. The molecule has 0 rings (SSSR count). The van der Waals surface area contributed by atoms with E-state index in [1.165, 1.54) is 37.7 Å². The molecule has 0 radical (unpaired) electrons. The summed E-state index contributed by atoms with van der Waals surface area (Å²) < 4.78 is 0. The summed E-state index contributed by atoms with van der Waals surface area (Å²) in [6.45, 7) is 10.6. The third-order valence-corrected chi connectivity index (χ3v) is 2.68. The molecule has 0 nitrogen and oxygen atoms in total. The summed E-state index contributed by atoms with van der Waals surface area (Å²) in [6, 6.07) is 0. The molecule has 0 aliphatic heterocycles. The van der Waals surface area contributed by atoms with Crippen LogP contribution in [-0.4, -0.2) is 0 Å². The molecule has 14 heavy (non-hydrogen) atoms. The van der Waals surface area contributed by atoms with Crippen molar-refractivity contribution in [3.8, 4) is 0 Å². The van der Waals surface area contributed by atoms with Crippen molar-refractivity contribution < 1.29 is 0 Å². The van der Waals surface area contributed by atoms with Crippen LogP contribution in [0.5, 0.6) is 0 Å². The molecule has 0 aliphatic rings. The Kier molecular flexibility index (Phi) is 8.72. The first kappa shape index (κ1) is 13.5. The first-order valence-corrected chi connectivity index (χ1v) is 5.97. The summed E-state index contributed by atoms with van der Waals surface area (Å²) in [7, 11) is 0. The van der Waals surface area contributed by atoms with E-state index in [2.05, 4.69) is 33.4 Å². The SMILES string of the molecule is C=CC/C=C(/C)CCCC(C)CCC. The summed E-state index contributed by atoms with van der Waals surface area (Å²) in [4.78, 5) is 0. The maximum atomic E-state index is 3.72. The Morgan fingerprint density at radius 1 is 1.36 bits per heavy atom.